The van der Waals surface area contributed by atoms with Gasteiger partial charge in [0, 0.05) is 23.6 Å². The third-order valence-electron chi connectivity index (χ3n) is 4.07. The van der Waals surface area contributed by atoms with E-state index in [9.17, 15) is 9.59 Å². The lowest BCUT2D eigenvalue weighted by Gasteiger charge is -2.14. The predicted molar refractivity (Wildman–Crippen MR) is 76.0 cm³/mol. The van der Waals surface area contributed by atoms with Gasteiger partial charge in [0.2, 0.25) is 0 Å². The molecular weight excluding hydrogens is 256 g/mol. The number of aryl methyl sites for hydroxylation is 1. The number of carboxylic acids is 1. The van der Waals surface area contributed by atoms with Crippen molar-refractivity contribution in [3.8, 4) is 0 Å². The third-order valence-corrected chi connectivity index (χ3v) is 4.07. The second kappa shape index (κ2) is 6.68. The van der Waals surface area contributed by atoms with E-state index in [0.29, 0.717) is 17.2 Å². The summed E-state index contributed by atoms with van der Waals surface area (Å²) in [5.74, 6) is 0.238. The molecule has 1 aliphatic rings. The molecule has 5 nitrogen and oxygen atoms in total. The zero-order valence-corrected chi connectivity index (χ0v) is 11.9. The molecule has 2 N–H and O–H groups in total. The van der Waals surface area contributed by atoms with E-state index in [1.807, 2.05) is 0 Å². The number of carboxylic acid groups (broad SMARTS) is 1. The molecule has 0 atom stereocenters. The number of aromatic nitrogens is 2. The molecule has 0 saturated heterocycles. The number of nitrogens with one attached hydrogen (secondary N) is 1. The summed E-state index contributed by atoms with van der Waals surface area (Å²) in [6.07, 6.45) is 7.27. The van der Waals surface area contributed by atoms with Crippen molar-refractivity contribution in [1.29, 1.82) is 0 Å². The van der Waals surface area contributed by atoms with Crippen LogP contribution in [0.25, 0.3) is 0 Å². The molecule has 0 aliphatic heterocycles. The molecule has 1 fully saturated rings. The minimum Gasteiger partial charge on any atom is -0.481 e. The van der Waals surface area contributed by atoms with Crippen LogP contribution in [0.2, 0.25) is 0 Å². The Morgan fingerprint density at radius 3 is 2.50 bits per heavy atom. The highest BCUT2D eigenvalue weighted by molar-refractivity contribution is 5.67. The van der Waals surface area contributed by atoms with Crippen LogP contribution < -0.4 is 5.56 Å². The molecule has 0 spiro atoms. The zero-order valence-electron chi connectivity index (χ0n) is 11.9. The van der Waals surface area contributed by atoms with Crippen molar-refractivity contribution in [2.45, 2.75) is 64.2 Å². The number of nitrogens with zero attached hydrogens (tertiary/aromatic N) is 1. The predicted octanol–water partition coefficient (Wildman–Crippen LogP) is 2.53. The Kier molecular flexibility index (Phi) is 4.93. The molecule has 1 aliphatic carbocycles. The Balaban J connectivity index is 2.20. The Bertz CT molecular complexity index is 528. The maximum absolute atomic E-state index is 12.1. The lowest BCUT2D eigenvalue weighted by atomic mass is 9.99. The summed E-state index contributed by atoms with van der Waals surface area (Å²) in [7, 11) is 0. The smallest absolute Gasteiger partial charge is 0.303 e. The van der Waals surface area contributed by atoms with Gasteiger partial charge in [0.05, 0.1) is 0 Å². The molecule has 1 saturated carbocycles. The summed E-state index contributed by atoms with van der Waals surface area (Å²) in [4.78, 5) is 30.1. The summed E-state index contributed by atoms with van der Waals surface area (Å²) in [5.41, 5.74) is 1.01. The SMILES string of the molecule is Cc1nc(C2CCCCCC2)[nH]c(=O)c1CCC(=O)O. The standard InChI is InChI=1S/C15H22N2O3/c1-10-12(8-9-13(18)19)15(20)17-14(16-10)11-6-4-2-3-5-7-11/h11H,2-9H2,1H3,(H,18,19)(H,16,17,20). The van der Waals surface area contributed by atoms with E-state index in [1.165, 1.54) is 25.7 Å². The Labute approximate surface area is 118 Å². The van der Waals surface area contributed by atoms with Crippen LogP contribution in [-0.2, 0) is 11.2 Å². The maximum atomic E-state index is 12.1. The molecule has 0 radical (unpaired) electrons. The van der Waals surface area contributed by atoms with Gasteiger partial charge in [-0.05, 0) is 26.2 Å². The zero-order chi connectivity index (χ0) is 14.5. The largest absolute Gasteiger partial charge is 0.481 e. The van der Waals surface area contributed by atoms with E-state index in [0.717, 1.165) is 18.7 Å². The van der Waals surface area contributed by atoms with Crippen LogP contribution in [-0.4, -0.2) is 21.0 Å². The lowest BCUT2D eigenvalue weighted by molar-refractivity contribution is -0.136. The van der Waals surface area contributed by atoms with Crippen molar-refractivity contribution in [1.82, 2.24) is 9.97 Å². The van der Waals surface area contributed by atoms with Gasteiger partial charge in [0.25, 0.3) is 5.56 Å². The number of carbonyl (C=O) groups is 1. The van der Waals surface area contributed by atoms with Crippen LogP contribution >= 0.6 is 0 Å². The van der Waals surface area contributed by atoms with Crippen LogP contribution in [0.15, 0.2) is 4.79 Å². The van der Waals surface area contributed by atoms with Crippen LogP contribution in [0.1, 0.15) is 67.9 Å². The van der Waals surface area contributed by atoms with Crippen LogP contribution in [0, 0.1) is 6.92 Å². The first kappa shape index (κ1) is 14.8. The number of hydrogen-bond donors (Lipinski definition) is 2. The average molecular weight is 278 g/mol. The topological polar surface area (TPSA) is 83.0 Å². The molecule has 2 rings (SSSR count). The van der Waals surface area contributed by atoms with E-state index in [1.54, 1.807) is 6.92 Å². The Morgan fingerprint density at radius 1 is 1.30 bits per heavy atom. The first-order chi connectivity index (χ1) is 9.58. The molecule has 0 unspecified atom stereocenters. The maximum Gasteiger partial charge on any atom is 0.303 e. The van der Waals surface area contributed by atoms with Gasteiger partial charge in [0.15, 0.2) is 0 Å². The fourth-order valence-electron chi connectivity index (χ4n) is 2.90. The summed E-state index contributed by atoms with van der Waals surface area (Å²) >= 11 is 0. The molecular formula is C15H22N2O3. The molecule has 0 bridgehead atoms. The molecule has 5 heteroatoms. The van der Waals surface area contributed by atoms with E-state index < -0.39 is 5.97 Å². The lowest BCUT2D eigenvalue weighted by Crippen LogP contribution is -2.21. The van der Waals surface area contributed by atoms with Crippen molar-refractivity contribution >= 4 is 5.97 Å². The number of aromatic amines is 1. The van der Waals surface area contributed by atoms with E-state index >= 15 is 0 Å². The van der Waals surface area contributed by atoms with Crippen molar-refractivity contribution in [3.05, 3.63) is 27.4 Å². The highest BCUT2D eigenvalue weighted by Gasteiger charge is 2.18. The summed E-state index contributed by atoms with van der Waals surface area (Å²) < 4.78 is 0. The third kappa shape index (κ3) is 3.68. The Morgan fingerprint density at radius 2 is 1.95 bits per heavy atom. The molecule has 0 aromatic carbocycles. The first-order valence-corrected chi connectivity index (χ1v) is 7.39. The second-order valence-electron chi connectivity index (χ2n) is 5.60. The van der Waals surface area contributed by atoms with Gasteiger partial charge in [-0.25, -0.2) is 4.98 Å². The van der Waals surface area contributed by atoms with Gasteiger partial charge in [-0.3, -0.25) is 9.59 Å². The first-order valence-electron chi connectivity index (χ1n) is 7.39. The van der Waals surface area contributed by atoms with E-state index in [4.69, 9.17) is 5.11 Å². The van der Waals surface area contributed by atoms with Gasteiger partial charge < -0.3 is 10.1 Å². The van der Waals surface area contributed by atoms with Gasteiger partial charge in [-0.15, -0.1) is 0 Å². The number of aliphatic carboxylic acids is 1. The number of rotatable bonds is 4. The van der Waals surface area contributed by atoms with Gasteiger partial charge in [-0.1, -0.05) is 25.7 Å². The summed E-state index contributed by atoms with van der Waals surface area (Å²) in [6, 6.07) is 0. The van der Waals surface area contributed by atoms with Crippen LogP contribution in [0.5, 0.6) is 0 Å². The van der Waals surface area contributed by atoms with Gasteiger partial charge >= 0.3 is 5.97 Å². The molecule has 110 valence electrons. The van der Waals surface area contributed by atoms with Crippen molar-refractivity contribution < 1.29 is 9.90 Å². The van der Waals surface area contributed by atoms with Crippen molar-refractivity contribution in [3.63, 3.8) is 0 Å². The molecule has 1 aromatic heterocycles. The highest BCUT2D eigenvalue weighted by atomic mass is 16.4. The quantitative estimate of drug-likeness (QED) is 0.829. The minimum atomic E-state index is -0.892. The molecule has 1 aromatic rings. The van der Waals surface area contributed by atoms with E-state index in [2.05, 4.69) is 9.97 Å². The van der Waals surface area contributed by atoms with Crippen LogP contribution in [0.3, 0.4) is 0 Å². The van der Waals surface area contributed by atoms with Gasteiger partial charge in [0.1, 0.15) is 5.82 Å². The number of hydrogen-bond acceptors (Lipinski definition) is 3. The Hall–Kier alpha value is -1.65. The monoisotopic (exact) mass is 278 g/mol. The molecule has 1 heterocycles. The molecule has 0 amide bonds. The average Bonchev–Trinajstić information content (AvgIpc) is 2.66. The fraction of sp³-hybridized carbons (Fsp3) is 0.667. The van der Waals surface area contributed by atoms with E-state index in [-0.39, 0.29) is 18.4 Å². The van der Waals surface area contributed by atoms with Gasteiger partial charge in [-0.2, -0.15) is 0 Å². The minimum absolute atomic E-state index is 0.0334. The summed E-state index contributed by atoms with van der Waals surface area (Å²) in [5, 5.41) is 8.71. The second-order valence-corrected chi connectivity index (χ2v) is 5.60. The van der Waals surface area contributed by atoms with Crippen molar-refractivity contribution in [2.24, 2.45) is 0 Å². The molecule has 20 heavy (non-hydrogen) atoms. The highest BCUT2D eigenvalue weighted by Crippen LogP contribution is 2.29. The fourth-order valence-corrected chi connectivity index (χ4v) is 2.90. The number of H-pyrrole nitrogens is 1. The summed E-state index contributed by atoms with van der Waals surface area (Å²) in [6.45, 7) is 1.80. The van der Waals surface area contributed by atoms with Crippen LogP contribution in [0.4, 0.5) is 0 Å². The normalized spacial score (nSPS) is 16.9. The van der Waals surface area contributed by atoms with Crippen molar-refractivity contribution in [2.75, 3.05) is 0 Å².